The normalized spacial score (nSPS) is 41.0. The zero-order valence-electron chi connectivity index (χ0n) is 9.58. The highest BCUT2D eigenvalue weighted by molar-refractivity contribution is 5.80. The van der Waals surface area contributed by atoms with Gasteiger partial charge in [0.25, 0.3) is 0 Å². The molecule has 0 saturated heterocycles. The third-order valence-corrected chi connectivity index (χ3v) is 4.74. The molecule has 3 nitrogen and oxygen atoms in total. The molecule has 1 heterocycles. The quantitative estimate of drug-likeness (QED) is 0.709. The monoisotopic (exact) mass is 207 g/mol. The van der Waals surface area contributed by atoms with Gasteiger partial charge in [0.2, 0.25) is 0 Å². The first-order valence-electron chi connectivity index (χ1n) is 6.25. The molecule has 3 heteroatoms. The number of hydrogen-bond acceptors (Lipinski definition) is 3. The minimum atomic E-state index is 0.301. The summed E-state index contributed by atoms with van der Waals surface area (Å²) in [7, 11) is 2.13. The van der Waals surface area contributed by atoms with Gasteiger partial charge in [0.15, 0.2) is 5.96 Å². The Hall–Kier alpha value is -0.730. The van der Waals surface area contributed by atoms with Gasteiger partial charge in [0, 0.05) is 7.05 Å². The summed E-state index contributed by atoms with van der Waals surface area (Å²) in [5, 5.41) is 0. The van der Waals surface area contributed by atoms with E-state index in [1.807, 2.05) is 0 Å². The molecular formula is C12H21N3. The molecule has 0 aromatic rings. The molecule has 2 aliphatic carbocycles. The summed E-state index contributed by atoms with van der Waals surface area (Å²) < 4.78 is 0. The number of rotatable bonds is 1. The third-order valence-electron chi connectivity index (χ3n) is 4.74. The van der Waals surface area contributed by atoms with Crippen LogP contribution in [0.5, 0.6) is 0 Å². The summed E-state index contributed by atoms with van der Waals surface area (Å²) >= 11 is 0. The number of nitrogens with zero attached hydrogens (tertiary/aromatic N) is 2. The molecule has 0 amide bonds. The first-order valence-corrected chi connectivity index (χ1v) is 6.25. The second-order valence-corrected chi connectivity index (χ2v) is 5.65. The average molecular weight is 207 g/mol. The highest BCUT2D eigenvalue weighted by Gasteiger charge is 2.46. The maximum atomic E-state index is 5.90. The average Bonchev–Trinajstić information content (AvgIpc) is 3.05. The molecule has 2 N–H and O–H groups in total. The highest BCUT2D eigenvalue weighted by atomic mass is 15.3. The van der Waals surface area contributed by atoms with Gasteiger partial charge >= 0.3 is 0 Å². The molecular weight excluding hydrogens is 186 g/mol. The highest BCUT2D eigenvalue weighted by Crippen LogP contribution is 2.48. The van der Waals surface area contributed by atoms with Gasteiger partial charge in [-0.05, 0) is 37.5 Å². The van der Waals surface area contributed by atoms with E-state index in [0.717, 1.165) is 24.3 Å². The van der Waals surface area contributed by atoms with Crippen molar-refractivity contribution in [2.45, 2.75) is 44.1 Å². The Morgan fingerprint density at radius 2 is 2.13 bits per heavy atom. The molecule has 2 unspecified atom stereocenters. The molecule has 0 bridgehead atoms. The van der Waals surface area contributed by atoms with Crippen LogP contribution in [0, 0.1) is 11.8 Å². The molecule has 2 saturated carbocycles. The van der Waals surface area contributed by atoms with Gasteiger partial charge in [-0.15, -0.1) is 0 Å². The lowest BCUT2D eigenvalue weighted by atomic mass is 9.73. The van der Waals surface area contributed by atoms with E-state index < -0.39 is 0 Å². The van der Waals surface area contributed by atoms with Gasteiger partial charge in [-0.3, -0.25) is 4.99 Å². The van der Waals surface area contributed by atoms with E-state index in [2.05, 4.69) is 16.9 Å². The van der Waals surface area contributed by atoms with Crippen molar-refractivity contribution >= 4 is 5.96 Å². The minimum absolute atomic E-state index is 0.301. The van der Waals surface area contributed by atoms with Crippen molar-refractivity contribution in [3.63, 3.8) is 0 Å². The lowest BCUT2D eigenvalue weighted by Crippen LogP contribution is -2.52. The van der Waals surface area contributed by atoms with Crippen LogP contribution in [0.1, 0.15) is 38.5 Å². The zero-order valence-corrected chi connectivity index (χ0v) is 9.58. The number of aliphatic imine (C=N–C) groups is 1. The number of likely N-dealkylation sites (N-methyl/N-ethyl adjacent to an activating group) is 1. The summed E-state index contributed by atoms with van der Waals surface area (Å²) in [6.07, 6.45) is 8.38. The molecule has 2 fully saturated rings. The first kappa shape index (κ1) is 9.49. The zero-order chi connectivity index (χ0) is 10.5. The Morgan fingerprint density at radius 3 is 2.73 bits per heavy atom. The smallest absolute Gasteiger partial charge is 0.191 e. The Kier molecular flexibility index (Phi) is 1.98. The Labute approximate surface area is 91.7 Å². The Bertz CT molecular complexity index is 295. The second-order valence-electron chi connectivity index (χ2n) is 5.65. The largest absolute Gasteiger partial charge is 0.370 e. The second kappa shape index (κ2) is 3.13. The summed E-state index contributed by atoms with van der Waals surface area (Å²) in [6, 6.07) is 0. The van der Waals surface area contributed by atoms with Crippen molar-refractivity contribution < 1.29 is 0 Å². The van der Waals surface area contributed by atoms with E-state index in [-0.39, 0.29) is 0 Å². The van der Waals surface area contributed by atoms with Crippen LogP contribution < -0.4 is 5.73 Å². The third kappa shape index (κ3) is 1.44. The number of guanidine groups is 1. The molecule has 15 heavy (non-hydrogen) atoms. The molecule has 1 aliphatic heterocycles. The van der Waals surface area contributed by atoms with Crippen LogP contribution in [-0.4, -0.2) is 30.0 Å². The van der Waals surface area contributed by atoms with Crippen LogP contribution >= 0.6 is 0 Å². The topological polar surface area (TPSA) is 41.6 Å². The van der Waals surface area contributed by atoms with Crippen molar-refractivity contribution in [1.29, 1.82) is 0 Å². The van der Waals surface area contributed by atoms with Crippen LogP contribution in [0.3, 0.4) is 0 Å². The maximum Gasteiger partial charge on any atom is 0.191 e. The van der Waals surface area contributed by atoms with E-state index in [1.54, 1.807) is 0 Å². The molecule has 3 aliphatic rings. The van der Waals surface area contributed by atoms with Crippen LogP contribution in [0.4, 0.5) is 0 Å². The minimum Gasteiger partial charge on any atom is -0.370 e. The maximum absolute atomic E-state index is 5.90. The van der Waals surface area contributed by atoms with Gasteiger partial charge in [-0.25, -0.2) is 0 Å². The predicted molar refractivity (Wildman–Crippen MR) is 61.7 cm³/mol. The van der Waals surface area contributed by atoms with Crippen molar-refractivity contribution in [2.75, 3.05) is 13.6 Å². The van der Waals surface area contributed by atoms with Crippen LogP contribution in [0.25, 0.3) is 0 Å². The number of nitrogens with two attached hydrogens (primary N) is 1. The van der Waals surface area contributed by atoms with Gasteiger partial charge in [0.05, 0.1) is 12.1 Å². The molecule has 0 radical (unpaired) electrons. The lowest BCUT2D eigenvalue weighted by molar-refractivity contribution is 0.117. The lowest BCUT2D eigenvalue weighted by Gasteiger charge is -2.43. The Balaban J connectivity index is 1.75. The fourth-order valence-electron chi connectivity index (χ4n) is 3.49. The van der Waals surface area contributed by atoms with E-state index in [9.17, 15) is 0 Å². The van der Waals surface area contributed by atoms with Crippen LogP contribution in [-0.2, 0) is 0 Å². The molecule has 0 aromatic carbocycles. The SMILES string of the molecule is CN1C(N)=NCC12CCCC(C1CC1)C2. The van der Waals surface area contributed by atoms with Gasteiger partial charge in [-0.1, -0.05) is 12.8 Å². The first-order chi connectivity index (χ1) is 7.21. The molecule has 2 atom stereocenters. The van der Waals surface area contributed by atoms with E-state index in [4.69, 9.17) is 5.73 Å². The predicted octanol–water partition coefficient (Wildman–Crippen LogP) is 1.59. The Morgan fingerprint density at radius 1 is 1.33 bits per heavy atom. The standard InChI is InChI=1S/C12H21N3/c1-15-11(13)14-8-12(15)6-2-3-10(7-12)9-4-5-9/h9-10H,2-8H2,1H3,(H2,13,14). The number of hydrogen-bond donors (Lipinski definition) is 1. The van der Waals surface area contributed by atoms with Crippen molar-refractivity contribution in [1.82, 2.24) is 4.90 Å². The van der Waals surface area contributed by atoms with Crippen molar-refractivity contribution in [2.24, 2.45) is 22.6 Å². The van der Waals surface area contributed by atoms with Gasteiger partial charge in [-0.2, -0.15) is 0 Å². The fourth-order valence-corrected chi connectivity index (χ4v) is 3.49. The summed E-state index contributed by atoms with van der Waals surface area (Å²) in [4.78, 5) is 6.68. The molecule has 1 spiro atoms. The summed E-state index contributed by atoms with van der Waals surface area (Å²) in [5.41, 5.74) is 6.20. The van der Waals surface area contributed by atoms with Gasteiger partial charge < -0.3 is 10.6 Å². The van der Waals surface area contributed by atoms with Crippen LogP contribution in [0.2, 0.25) is 0 Å². The fraction of sp³-hybridized carbons (Fsp3) is 0.917. The summed E-state index contributed by atoms with van der Waals surface area (Å²) in [5.74, 6) is 2.76. The van der Waals surface area contributed by atoms with E-state index >= 15 is 0 Å². The van der Waals surface area contributed by atoms with E-state index in [1.165, 1.54) is 38.5 Å². The summed E-state index contributed by atoms with van der Waals surface area (Å²) in [6.45, 7) is 0.943. The molecule has 3 rings (SSSR count). The van der Waals surface area contributed by atoms with Crippen molar-refractivity contribution in [3.8, 4) is 0 Å². The van der Waals surface area contributed by atoms with Crippen LogP contribution in [0.15, 0.2) is 4.99 Å². The van der Waals surface area contributed by atoms with Crippen molar-refractivity contribution in [3.05, 3.63) is 0 Å². The van der Waals surface area contributed by atoms with Gasteiger partial charge in [0.1, 0.15) is 0 Å². The molecule has 0 aromatic heterocycles. The molecule has 84 valence electrons. The van der Waals surface area contributed by atoms with E-state index in [0.29, 0.717) is 5.54 Å².